The van der Waals surface area contributed by atoms with E-state index in [9.17, 15) is 10.1 Å². The smallest absolute Gasteiger partial charge is 0.263 e. The summed E-state index contributed by atoms with van der Waals surface area (Å²) in [7, 11) is 1.61. The first-order valence-electron chi connectivity index (χ1n) is 8.77. The Morgan fingerprint density at radius 2 is 2.00 bits per heavy atom. The molecule has 1 atom stereocenters. The van der Waals surface area contributed by atoms with Crippen LogP contribution in [0.5, 0.6) is 17.2 Å². The first kappa shape index (κ1) is 19.1. The third-order valence-electron chi connectivity index (χ3n) is 4.35. The van der Waals surface area contributed by atoms with Gasteiger partial charge in [0.25, 0.3) is 5.91 Å². The van der Waals surface area contributed by atoms with Crippen molar-refractivity contribution in [2.45, 2.75) is 19.5 Å². The van der Waals surface area contributed by atoms with Gasteiger partial charge >= 0.3 is 0 Å². The van der Waals surface area contributed by atoms with E-state index in [1.807, 2.05) is 49.4 Å². The van der Waals surface area contributed by atoms with Crippen molar-refractivity contribution in [3.05, 3.63) is 65.4 Å². The molecular formula is C21H21N3O4. The number of benzene rings is 2. The number of hydrogen-bond acceptors (Lipinski definition) is 6. The molecule has 7 nitrogen and oxygen atoms in total. The molecule has 1 aliphatic rings. The number of hydrogen-bond donors (Lipinski definition) is 2. The Morgan fingerprint density at radius 3 is 2.71 bits per heavy atom. The number of nitriles is 1. The zero-order chi connectivity index (χ0) is 19.9. The molecule has 2 N–H and O–H groups in total. The maximum atomic E-state index is 12.3. The average Bonchev–Trinajstić information content (AvgIpc) is 3.20. The summed E-state index contributed by atoms with van der Waals surface area (Å²) < 4.78 is 15.7. The highest BCUT2D eigenvalue weighted by Crippen LogP contribution is 2.32. The number of rotatable bonds is 7. The molecule has 0 aliphatic carbocycles. The van der Waals surface area contributed by atoms with Gasteiger partial charge in [-0.05, 0) is 42.3 Å². The molecule has 28 heavy (non-hydrogen) atoms. The van der Waals surface area contributed by atoms with E-state index in [0.29, 0.717) is 11.5 Å². The number of nitrogens with one attached hydrogen (secondary N) is 2. The number of carbonyl (C=O) groups is 1. The molecule has 144 valence electrons. The molecule has 0 saturated carbocycles. The minimum Gasteiger partial charge on any atom is -0.497 e. The molecule has 0 fully saturated rings. The molecule has 0 saturated heterocycles. The number of ether oxygens (including phenoxy) is 3. The van der Waals surface area contributed by atoms with E-state index in [0.717, 1.165) is 16.9 Å². The van der Waals surface area contributed by atoms with Crippen molar-refractivity contribution in [2.24, 2.45) is 0 Å². The molecular weight excluding hydrogens is 358 g/mol. The van der Waals surface area contributed by atoms with Crippen molar-refractivity contribution in [2.75, 3.05) is 13.9 Å². The summed E-state index contributed by atoms with van der Waals surface area (Å²) in [5.74, 6) is 1.66. The van der Waals surface area contributed by atoms with Crippen LogP contribution in [0.1, 0.15) is 24.1 Å². The van der Waals surface area contributed by atoms with Crippen LogP contribution in [0.3, 0.4) is 0 Å². The van der Waals surface area contributed by atoms with Crippen molar-refractivity contribution in [1.29, 1.82) is 5.26 Å². The summed E-state index contributed by atoms with van der Waals surface area (Å²) in [6, 6.07) is 14.9. The minimum absolute atomic E-state index is 0.00102. The molecule has 1 aliphatic heterocycles. The van der Waals surface area contributed by atoms with Crippen molar-refractivity contribution in [3.8, 4) is 23.3 Å². The third kappa shape index (κ3) is 4.54. The van der Waals surface area contributed by atoms with E-state index < -0.39 is 5.91 Å². The summed E-state index contributed by atoms with van der Waals surface area (Å²) in [5.41, 5.74) is 1.87. The number of carbonyl (C=O) groups excluding carboxylic acids is 1. The lowest BCUT2D eigenvalue weighted by Gasteiger charge is -2.13. The third-order valence-corrected chi connectivity index (χ3v) is 4.35. The van der Waals surface area contributed by atoms with Crippen molar-refractivity contribution >= 4 is 5.91 Å². The summed E-state index contributed by atoms with van der Waals surface area (Å²) in [4.78, 5) is 12.3. The first-order chi connectivity index (χ1) is 13.6. The molecule has 1 amide bonds. The molecule has 0 bridgehead atoms. The van der Waals surface area contributed by atoms with E-state index in [4.69, 9.17) is 14.2 Å². The van der Waals surface area contributed by atoms with E-state index >= 15 is 0 Å². The lowest BCUT2D eigenvalue weighted by molar-refractivity contribution is -0.117. The number of fused-ring (bicyclic) bond motifs is 1. The van der Waals surface area contributed by atoms with Gasteiger partial charge < -0.3 is 24.8 Å². The van der Waals surface area contributed by atoms with Gasteiger partial charge in [-0.15, -0.1) is 0 Å². The molecule has 7 heteroatoms. The Bertz CT molecular complexity index is 916. The highest BCUT2D eigenvalue weighted by Gasteiger charge is 2.14. The van der Waals surface area contributed by atoms with Gasteiger partial charge in [-0.1, -0.05) is 18.2 Å². The van der Waals surface area contributed by atoms with Crippen LogP contribution in [0.25, 0.3) is 0 Å². The van der Waals surface area contributed by atoms with Crippen LogP contribution < -0.4 is 24.8 Å². The van der Waals surface area contributed by atoms with Gasteiger partial charge in [0.1, 0.15) is 17.4 Å². The highest BCUT2D eigenvalue weighted by molar-refractivity contribution is 5.97. The van der Waals surface area contributed by atoms with Crippen molar-refractivity contribution in [1.82, 2.24) is 10.6 Å². The molecule has 0 aromatic heterocycles. The average molecular weight is 379 g/mol. The summed E-state index contributed by atoms with van der Waals surface area (Å²) in [5, 5.41) is 15.1. The number of methoxy groups -OCH3 is 1. The lowest BCUT2D eigenvalue weighted by atomic mass is 10.1. The largest absolute Gasteiger partial charge is 0.497 e. The summed E-state index contributed by atoms with van der Waals surface area (Å²) in [6.07, 6.45) is 1.43. The predicted octanol–water partition coefficient (Wildman–Crippen LogP) is 2.80. The quantitative estimate of drug-likeness (QED) is 0.568. The molecule has 0 radical (unpaired) electrons. The standard InChI is InChI=1S/C21H21N3O4/c1-14(16-4-6-18(26-2)7-5-16)23-12-17(10-22)21(25)24-11-15-3-8-19-20(9-15)28-13-27-19/h3-9,12,14,23H,11,13H2,1-2H3,(H,24,25)/b17-12-. The van der Waals surface area contributed by atoms with Gasteiger partial charge in [0.05, 0.1) is 7.11 Å². The summed E-state index contributed by atoms with van der Waals surface area (Å²) >= 11 is 0. The van der Waals surface area contributed by atoms with E-state index in [2.05, 4.69) is 10.6 Å². The normalized spacial score (nSPS) is 13.4. The fraction of sp³-hybridized carbons (Fsp3) is 0.238. The predicted molar refractivity (Wildman–Crippen MR) is 103 cm³/mol. The van der Waals surface area contributed by atoms with Crippen LogP contribution in [0.4, 0.5) is 0 Å². The molecule has 2 aromatic rings. The van der Waals surface area contributed by atoms with Crippen LogP contribution in [0.2, 0.25) is 0 Å². The van der Waals surface area contributed by atoms with Crippen LogP contribution >= 0.6 is 0 Å². The lowest BCUT2D eigenvalue weighted by Crippen LogP contribution is -2.25. The molecule has 0 spiro atoms. The molecule has 1 unspecified atom stereocenters. The van der Waals surface area contributed by atoms with Gasteiger partial charge in [-0.25, -0.2) is 0 Å². The number of nitrogens with zero attached hydrogens (tertiary/aromatic N) is 1. The zero-order valence-corrected chi connectivity index (χ0v) is 15.7. The number of amides is 1. The topological polar surface area (TPSA) is 92.6 Å². The van der Waals surface area contributed by atoms with Crippen LogP contribution in [-0.2, 0) is 11.3 Å². The summed E-state index contributed by atoms with van der Waals surface area (Å²) in [6.45, 7) is 2.42. The molecule has 3 rings (SSSR count). The van der Waals surface area contributed by atoms with Gasteiger partial charge in [-0.3, -0.25) is 4.79 Å². The first-order valence-corrected chi connectivity index (χ1v) is 8.77. The second-order valence-corrected chi connectivity index (χ2v) is 6.20. The van der Waals surface area contributed by atoms with Crippen LogP contribution in [-0.4, -0.2) is 19.8 Å². The Hall–Kier alpha value is -3.66. The van der Waals surface area contributed by atoms with Gasteiger partial charge in [0, 0.05) is 18.8 Å². The SMILES string of the molecule is COc1ccc(C(C)N/C=C(/C#N)C(=O)NCc2ccc3c(c2)OCO3)cc1. The van der Waals surface area contributed by atoms with E-state index in [1.54, 1.807) is 13.2 Å². The monoisotopic (exact) mass is 379 g/mol. The Kier molecular flexibility index (Phi) is 6.02. The Morgan fingerprint density at radius 1 is 1.25 bits per heavy atom. The van der Waals surface area contributed by atoms with Crippen molar-refractivity contribution in [3.63, 3.8) is 0 Å². The highest BCUT2D eigenvalue weighted by atomic mass is 16.7. The van der Waals surface area contributed by atoms with Gasteiger partial charge in [0.15, 0.2) is 11.5 Å². The Labute approximate surface area is 163 Å². The van der Waals surface area contributed by atoms with Crippen LogP contribution in [0.15, 0.2) is 54.2 Å². The van der Waals surface area contributed by atoms with Crippen LogP contribution in [0, 0.1) is 11.3 Å². The molecule has 1 heterocycles. The maximum Gasteiger partial charge on any atom is 0.263 e. The Balaban J connectivity index is 1.57. The van der Waals surface area contributed by atoms with Crippen molar-refractivity contribution < 1.29 is 19.0 Å². The second-order valence-electron chi connectivity index (χ2n) is 6.20. The van der Waals surface area contributed by atoms with E-state index in [-0.39, 0.29) is 25.0 Å². The molecule has 2 aromatic carbocycles. The van der Waals surface area contributed by atoms with E-state index in [1.165, 1.54) is 6.20 Å². The fourth-order valence-corrected chi connectivity index (χ4v) is 2.67. The van der Waals surface area contributed by atoms with Gasteiger partial charge in [-0.2, -0.15) is 5.26 Å². The maximum absolute atomic E-state index is 12.3. The second kappa shape index (κ2) is 8.82. The van der Waals surface area contributed by atoms with Gasteiger partial charge in [0.2, 0.25) is 6.79 Å². The fourth-order valence-electron chi connectivity index (χ4n) is 2.67. The zero-order valence-electron chi connectivity index (χ0n) is 15.7. The minimum atomic E-state index is -0.449.